The van der Waals surface area contributed by atoms with E-state index in [-0.39, 0.29) is 18.5 Å². The van der Waals surface area contributed by atoms with Crippen molar-refractivity contribution in [2.75, 3.05) is 0 Å². The highest BCUT2D eigenvalue weighted by Crippen LogP contribution is 2.42. The Morgan fingerprint density at radius 1 is 0.667 bits per heavy atom. The number of ether oxygens (including phenoxy) is 2. The van der Waals surface area contributed by atoms with Gasteiger partial charge in [0.15, 0.2) is 6.29 Å². The van der Waals surface area contributed by atoms with Crippen LogP contribution in [0.1, 0.15) is 30.3 Å². The molecule has 1 heterocycles. The molecule has 0 amide bonds. The summed E-state index contributed by atoms with van der Waals surface area (Å²) < 4.78 is 11.8. The van der Waals surface area contributed by atoms with Gasteiger partial charge in [0.05, 0.1) is 0 Å². The number of benzene rings is 2. The topological polar surface area (TPSA) is 18.5 Å². The molecule has 1 saturated heterocycles. The van der Waals surface area contributed by atoms with Crippen LogP contribution in [-0.4, -0.2) is 6.29 Å². The summed E-state index contributed by atoms with van der Waals surface area (Å²) in [6.45, 7) is 1.94. The van der Waals surface area contributed by atoms with Gasteiger partial charge in [0.1, 0.15) is 12.2 Å². The molecule has 1 aliphatic heterocycles. The van der Waals surface area contributed by atoms with Crippen LogP contribution >= 0.6 is 0 Å². The van der Waals surface area contributed by atoms with Gasteiger partial charge in [-0.25, -0.2) is 0 Å². The molecule has 2 heteroatoms. The van der Waals surface area contributed by atoms with E-state index in [1.54, 1.807) is 0 Å². The molecule has 2 aromatic carbocycles. The van der Waals surface area contributed by atoms with Crippen molar-refractivity contribution in [3.8, 4) is 0 Å². The Morgan fingerprint density at radius 2 is 1.06 bits per heavy atom. The maximum absolute atomic E-state index is 5.89. The second-order valence-corrected chi connectivity index (χ2v) is 4.50. The first kappa shape index (κ1) is 11.5. The average Bonchev–Trinajstić information content (AvgIpc) is 2.83. The first-order valence-electron chi connectivity index (χ1n) is 6.25. The molecular weight excluding hydrogens is 224 g/mol. The first-order chi connectivity index (χ1) is 8.84. The summed E-state index contributed by atoms with van der Waals surface area (Å²) in [5.74, 6) is 0. The summed E-state index contributed by atoms with van der Waals surface area (Å²) in [5, 5.41) is 0. The van der Waals surface area contributed by atoms with Crippen LogP contribution in [0.2, 0.25) is 0 Å². The lowest BCUT2D eigenvalue weighted by molar-refractivity contribution is -0.0516. The van der Waals surface area contributed by atoms with Crippen molar-refractivity contribution < 1.29 is 9.47 Å². The highest BCUT2D eigenvalue weighted by Gasteiger charge is 2.35. The largest absolute Gasteiger partial charge is 0.342 e. The zero-order chi connectivity index (χ0) is 12.4. The highest BCUT2D eigenvalue weighted by atomic mass is 16.7. The van der Waals surface area contributed by atoms with Crippen LogP contribution in [0.4, 0.5) is 0 Å². The molecule has 1 aliphatic rings. The smallest absolute Gasteiger partial charge is 0.156 e. The lowest BCUT2D eigenvalue weighted by atomic mass is 9.99. The summed E-state index contributed by atoms with van der Waals surface area (Å²) in [7, 11) is 0. The third kappa shape index (κ3) is 2.17. The monoisotopic (exact) mass is 240 g/mol. The predicted molar refractivity (Wildman–Crippen MR) is 70.0 cm³/mol. The van der Waals surface area contributed by atoms with E-state index >= 15 is 0 Å². The maximum atomic E-state index is 5.89. The Labute approximate surface area is 107 Å². The van der Waals surface area contributed by atoms with Gasteiger partial charge in [-0.3, -0.25) is 0 Å². The Morgan fingerprint density at radius 3 is 1.44 bits per heavy atom. The predicted octanol–water partition coefficient (Wildman–Crippen LogP) is 3.86. The standard InChI is InChI=1S/C16H16O2/c1-12-17-15(13-8-4-2-5-9-13)16(18-12)14-10-6-3-7-11-14/h2-12,15-16H,1H3. The van der Waals surface area contributed by atoms with Gasteiger partial charge in [-0.1, -0.05) is 60.7 Å². The zero-order valence-corrected chi connectivity index (χ0v) is 10.3. The van der Waals surface area contributed by atoms with E-state index in [9.17, 15) is 0 Å². The zero-order valence-electron chi connectivity index (χ0n) is 10.3. The van der Waals surface area contributed by atoms with Crippen LogP contribution in [0.25, 0.3) is 0 Å². The van der Waals surface area contributed by atoms with E-state index in [0.717, 1.165) is 11.1 Å². The number of hydrogen-bond acceptors (Lipinski definition) is 2. The van der Waals surface area contributed by atoms with Crippen molar-refractivity contribution in [1.29, 1.82) is 0 Å². The molecule has 2 aromatic rings. The molecule has 0 aliphatic carbocycles. The van der Waals surface area contributed by atoms with E-state index in [0.29, 0.717) is 0 Å². The fourth-order valence-electron chi connectivity index (χ4n) is 2.38. The van der Waals surface area contributed by atoms with Gasteiger partial charge in [-0.15, -0.1) is 0 Å². The number of hydrogen-bond donors (Lipinski definition) is 0. The summed E-state index contributed by atoms with van der Waals surface area (Å²) in [4.78, 5) is 0. The molecule has 0 saturated carbocycles. The molecule has 0 bridgehead atoms. The second kappa shape index (κ2) is 4.92. The van der Waals surface area contributed by atoms with E-state index in [4.69, 9.17) is 9.47 Å². The molecule has 1 fully saturated rings. The van der Waals surface area contributed by atoms with Gasteiger partial charge in [0.2, 0.25) is 0 Å². The molecule has 0 aromatic heterocycles. The van der Waals surface area contributed by atoms with Gasteiger partial charge < -0.3 is 9.47 Å². The summed E-state index contributed by atoms with van der Waals surface area (Å²) >= 11 is 0. The van der Waals surface area contributed by atoms with E-state index in [2.05, 4.69) is 24.3 Å². The van der Waals surface area contributed by atoms with Crippen molar-refractivity contribution in [3.05, 3.63) is 71.8 Å². The minimum atomic E-state index is -0.166. The fraction of sp³-hybridized carbons (Fsp3) is 0.250. The Balaban J connectivity index is 1.93. The molecule has 3 rings (SSSR count). The Kier molecular flexibility index (Phi) is 3.13. The SMILES string of the molecule is CC1OC(c2ccccc2)C(c2ccccc2)O1. The van der Waals surface area contributed by atoms with Gasteiger partial charge in [-0.05, 0) is 18.1 Å². The van der Waals surface area contributed by atoms with Crippen molar-refractivity contribution in [2.45, 2.75) is 25.4 Å². The molecule has 2 nitrogen and oxygen atoms in total. The van der Waals surface area contributed by atoms with Crippen LogP contribution in [0.5, 0.6) is 0 Å². The lowest BCUT2D eigenvalue weighted by Crippen LogP contribution is -2.06. The molecular formula is C16H16O2. The number of rotatable bonds is 2. The van der Waals surface area contributed by atoms with Crippen LogP contribution in [-0.2, 0) is 9.47 Å². The molecule has 0 spiro atoms. The van der Waals surface area contributed by atoms with Crippen LogP contribution < -0.4 is 0 Å². The van der Waals surface area contributed by atoms with Crippen LogP contribution in [0.3, 0.4) is 0 Å². The van der Waals surface area contributed by atoms with Gasteiger partial charge in [0, 0.05) is 0 Å². The van der Waals surface area contributed by atoms with Gasteiger partial charge in [0.25, 0.3) is 0 Å². The third-order valence-electron chi connectivity index (χ3n) is 3.21. The quantitative estimate of drug-likeness (QED) is 0.793. The average molecular weight is 240 g/mol. The van der Waals surface area contributed by atoms with E-state index in [1.807, 2.05) is 43.3 Å². The highest BCUT2D eigenvalue weighted by molar-refractivity contribution is 5.26. The fourth-order valence-corrected chi connectivity index (χ4v) is 2.38. The van der Waals surface area contributed by atoms with E-state index < -0.39 is 0 Å². The van der Waals surface area contributed by atoms with Crippen LogP contribution in [0, 0.1) is 0 Å². The summed E-state index contributed by atoms with van der Waals surface area (Å²) in [6, 6.07) is 20.5. The van der Waals surface area contributed by atoms with Crippen molar-refractivity contribution in [1.82, 2.24) is 0 Å². The van der Waals surface area contributed by atoms with Gasteiger partial charge >= 0.3 is 0 Å². The maximum Gasteiger partial charge on any atom is 0.156 e. The molecule has 18 heavy (non-hydrogen) atoms. The molecule has 0 N–H and O–H groups in total. The normalized spacial score (nSPS) is 27.3. The summed E-state index contributed by atoms with van der Waals surface area (Å²) in [6.07, 6.45) is -0.215. The first-order valence-corrected chi connectivity index (χ1v) is 6.25. The molecule has 2 atom stereocenters. The lowest BCUT2D eigenvalue weighted by Gasteiger charge is -2.17. The molecule has 2 unspecified atom stereocenters. The summed E-state index contributed by atoms with van der Waals surface area (Å²) in [5.41, 5.74) is 2.33. The van der Waals surface area contributed by atoms with Crippen molar-refractivity contribution >= 4 is 0 Å². The third-order valence-corrected chi connectivity index (χ3v) is 3.21. The molecule has 0 radical (unpaired) electrons. The Hall–Kier alpha value is -1.64. The van der Waals surface area contributed by atoms with Gasteiger partial charge in [-0.2, -0.15) is 0 Å². The van der Waals surface area contributed by atoms with E-state index in [1.165, 1.54) is 0 Å². The second-order valence-electron chi connectivity index (χ2n) is 4.50. The minimum Gasteiger partial charge on any atom is -0.342 e. The minimum absolute atomic E-state index is 0.0244. The van der Waals surface area contributed by atoms with Crippen LogP contribution in [0.15, 0.2) is 60.7 Å². The Bertz CT molecular complexity index is 448. The van der Waals surface area contributed by atoms with Crippen molar-refractivity contribution in [3.63, 3.8) is 0 Å². The van der Waals surface area contributed by atoms with Crippen molar-refractivity contribution in [2.24, 2.45) is 0 Å². The molecule has 92 valence electrons.